The minimum absolute atomic E-state index is 0.0249. The molecule has 36 heavy (non-hydrogen) atoms. The van der Waals surface area contributed by atoms with Gasteiger partial charge in [-0.2, -0.15) is 0 Å². The van der Waals surface area contributed by atoms with Crippen LogP contribution in [0.1, 0.15) is 64.6 Å². The zero-order chi connectivity index (χ0) is 24.6. The van der Waals surface area contributed by atoms with Crippen LogP contribution in [0.25, 0.3) is 22.6 Å². The first-order valence-electron chi connectivity index (χ1n) is 12.4. The van der Waals surface area contributed by atoms with Crippen LogP contribution >= 0.6 is 27.3 Å². The number of rotatable bonds is 6. The molecule has 0 bridgehead atoms. The minimum atomic E-state index is -0.0472. The lowest BCUT2D eigenvalue weighted by Crippen LogP contribution is -2.38. The van der Waals surface area contributed by atoms with Crippen molar-refractivity contribution in [2.24, 2.45) is 0 Å². The monoisotopic (exact) mass is 563 g/mol. The van der Waals surface area contributed by atoms with Crippen LogP contribution in [0.15, 0.2) is 58.5 Å². The molecule has 0 radical (unpaired) electrons. The second kappa shape index (κ2) is 9.78. The molecule has 2 aliphatic rings. The first-order valence-corrected chi connectivity index (χ1v) is 14.0. The minimum Gasteiger partial charge on any atom is -0.349 e. The maximum Gasteiger partial charge on any atom is 0.261 e. The molecule has 184 valence electrons. The highest BCUT2D eigenvalue weighted by atomic mass is 79.9. The average Bonchev–Trinajstić information content (AvgIpc) is 3.46. The molecule has 7 nitrogen and oxygen atoms in total. The van der Waals surface area contributed by atoms with Crippen LogP contribution in [-0.4, -0.2) is 38.4 Å². The summed E-state index contributed by atoms with van der Waals surface area (Å²) >= 11 is 4.88. The third kappa shape index (κ3) is 4.82. The van der Waals surface area contributed by atoms with Crippen molar-refractivity contribution >= 4 is 50.1 Å². The molecule has 0 unspecified atom stereocenters. The largest absolute Gasteiger partial charge is 0.349 e. The fourth-order valence-electron chi connectivity index (χ4n) is 5.00. The average molecular weight is 565 g/mol. The second-order valence-corrected chi connectivity index (χ2v) is 12.0. The molecule has 0 spiro atoms. The number of fused-ring (bicyclic) bond motifs is 1. The van der Waals surface area contributed by atoms with Gasteiger partial charge in [0, 0.05) is 29.9 Å². The number of nitrogens with one attached hydrogen (secondary N) is 2. The van der Waals surface area contributed by atoms with E-state index in [4.69, 9.17) is 4.98 Å². The van der Waals surface area contributed by atoms with Crippen LogP contribution in [0.4, 0.5) is 0 Å². The summed E-state index contributed by atoms with van der Waals surface area (Å²) in [6, 6.07) is 15.9. The topological polar surface area (TPSA) is 88.9 Å². The summed E-state index contributed by atoms with van der Waals surface area (Å²) in [6.07, 6.45) is 7.64. The van der Waals surface area contributed by atoms with Crippen molar-refractivity contribution in [1.29, 1.82) is 0 Å². The van der Waals surface area contributed by atoms with Gasteiger partial charge in [-0.05, 0) is 96.9 Å². The van der Waals surface area contributed by atoms with E-state index in [0.29, 0.717) is 16.5 Å². The molecule has 4 aromatic rings. The molecule has 0 saturated heterocycles. The number of benzene rings is 1. The second-order valence-electron chi connectivity index (χ2n) is 9.57. The summed E-state index contributed by atoms with van der Waals surface area (Å²) in [7, 11) is 0. The van der Waals surface area contributed by atoms with Crippen LogP contribution in [0.3, 0.4) is 0 Å². The van der Waals surface area contributed by atoms with Crippen LogP contribution < -0.4 is 10.6 Å². The van der Waals surface area contributed by atoms with Crippen molar-refractivity contribution in [3.05, 3.63) is 69.0 Å². The molecule has 1 aromatic carbocycles. The fraction of sp³-hybridized carbons (Fsp3) is 0.333. The normalized spacial score (nSPS) is 19.8. The predicted octanol–water partition coefficient (Wildman–Crippen LogP) is 5.73. The first-order chi connectivity index (χ1) is 17.5. The van der Waals surface area contributed by atoms with Gasteiger partial charge < -0.3 is 15.2 Å². The number of hydrogen-bond donors (Lipinski definition) is 2. The number of halogens is 1. The molecule has 3 heterocycles. The van der Waals surface area contributed by atoms with E-state index in [9.17, 15) is 9.59 Å². The van der Waals surface area contributed by atoms with E-state index in [2.05, 4.69) is 36.1 Å². The van der Waals surface area contributed by atoms with Gasteiger partial charge in [0.05, 0.1) is 19.7 Å². The summed E-state index contributed by atoms with van der Waals surface area (Å²) < 4.78 is 3.21. The van der Waals surface area contributed by atoms with Crippen molar-refractivity contribution in [3.63, 3.8) is 0 Å². The molecule has 2 N–H and O–H groups in total. The molecule has 0 aliphatic heterocycles. The van der Waals surface area contributed by atoms with Crippen LogP contribution in [-0.2, 0) is 0 Å². The SMILES string of the molecule is O=C(NC1CC1)c1ccc2c(c1)nc(-c1ccccn1)n2[C@@H]1CCC[C@H](NC(=O)c2ccc(Br)s2)C1. The van der Waals surface area contributed by atoms with E-state index in [0.717, 1.165) is 64.9 Å². The Morgan fingerprint density at radius 3 is 2.58 bits per heavy atom. The van der Waals surface area contributed by atoms with Gasteiger partial charge in [0.2, 0.25) is 0 Å². The number of carbonyl (C=O) groups excluding carboxylic acids is 2. The third-order valence-corrected chi connectivity index (χ3v) is 8.52. The van der Waals surface area contributed by atoms with Crippen LogP contribution in [0.2, 0.25) is 0 Å². The van der Waals surface area contributed by atoms with Gasteiger partial charge in [-0.15, -0.1) is 11.3 Å². The zero-order valence-corrected chi connectivity index (χ0v) is 22.0. The summed E-state index contributed by atoms with van der Waals surface area (Å²) in [5.74, 6) is 0.724. The Labute approximate surface area is 221 Å². The fourth-order valence-corrected chi connectivity index (χ4v) is 6.29. The number of aromatic nitrogens is 3. The van der Waals surface area contributed by atoms with Crippen molar-refractivity contribution in [2.75, 3.05) is 0 Å². The summed E-state index contributed by atoms with van der Waals surface area (Å²) in [6.45, 7) is 0. The maximum absolute atomic E-state index is 12.8. The standard InChI is InChI=1S/C27H26BrN5O2S/c28-24-12-11-23(36-24)27(35)31-18-4-3-5-19(15-18)33-22-10-7-16(26(34)30-17-8-9-17)14-21(22)32-25(33)20-6-1-2-13-29-20/h1-2,6-7,10-14,17-19H,3-5,8-9,15H2,(H,30,34)(H,31,35)/t18-,19+/m0/s1. The maximum atomic E-state index is 12.8. The van der Waals surface area contributed by atoms with Gasteiger partial charge in [0.15, 0.2) is 5.82 Å². The van der Waals surface area contributed by atoms with E-state index in [-0.39, 0.29) is 23.9 Å². The first kappa shape index (κ1) is 23.4. The zero-order valence-electron chi connectivity index (χ0n) is 19.6. The van der Waals surface area contributed by atoms with E-state index >= 15 is 0 Å². The lowest BCUT2D eigenvalue weighted by atomic mass is 9.90. The van der Waals surface area contributed by atoms with Crippen molar-refractivity contribution in [2.45, 2.75) is 56.7 Å². The molecule has 2 atom stereocenters. The van der Waals surface area contributed by atoms with Crippen molar-refractivity contribution in [3.8, 4) is 11.5 Å². The molecular weight excluding hydrogens is 538 g/mol. The molecule has 3 aromatic heterocycles. The Morgan fingerprint density at radius 1 is 0.972 bits per heavy atom. The summed E-state index contributed by atoms with van der Waals surface area (Å²) in [4.78, 5) is 35.7. The lowest BCUT2D eigenvalue weighted by Gasteiger charge is -2.31. The Kier molecular flexibility index (Phi) is 6.35. The highest BCUT2D eigenvalue weighted by Gasteiger charge is 2.29. The van der Waals surface area contributed by atoms with Crippen molar-refractivity contribution < 1.29 is 9.59 Å². The van der Waals surface area contributed by atoms with E-state index in [1.54, 1.807) is 6.20 Å². The van der Waals surface area contributed by atoms with Gasteiger partial charge in [0.1, 0.15) is 5.69 Å². The molecule has 2 fully saturated rings. The lowest BCUT2D eigenvalue weighted by molar-refractivity contribution is 0.0923. The number of amides is 2. The molecule has 2 saturated carbocycles. The van der Waals surface area contributed by atoms with E-state index < -0.39 is 0 Å². The molecule has 2 aliphatic carbocycles. The van der Waals surface area contributed by atoms with Gasteiger partial charge in [0.25, 0.3) is 11.8 Å². The predicted molar refractivity (Wildman–Crippen MR) is 144 cm³/mol. The van der Waals surface area contributed by atoms with Gasteiger partial charge in [-0.1, -0.05) is 6.07 Å². The number of imidazole rings is 1. The smallest absolute Gasteiger partial charge is 0.261 e. The number of carbonyl (C=O) groups is 2. The number of hydrogen-bond acceptors (Lipinski definition) is 5. The molecule has 2 amide bonds. The highest BCUT2D eigenvalue weighted by Crippen LogP contribution is 2.36. The Bertz CT molecular complexity index is 1430. The number of pyridine rings is 1. The van der Waals surface area contributed by atoms with Gasteiger partial charge in [-0.25, -0.2) is 4.98 Å². The number of thiophene rings is 1. The Balaban J connectivity index is 1.32. The number of nitrogens with zero attached hydrogens (tertiary/aromatic N) is 3. The third-order valence-electron chi connectivity index (χ3n) is 6.90. The van der Waals surface area contributed by atoms with E-state index in [1.807, 2.05) is 48.5 Å². The molecular formula is C27H26BrN5O2S. The van der Waals surface area contributed by atoms with Crippen LogP contribution in [0.5, 0.6) is 0 Å². The highest BCUT2D eigenvalue weighted by molar-refractivity contribution is 9.11. The molecule has 6 rings (SSSR count). The van der Waals surface area contributed by atoms with Gasteiger partial charge in [-0.3, -0.25) is 14.6 Å². The van der Waals surface area contributed by atoms with Crippen LogP contribution in [0, 0.1) is 0 Å². The van der Waals surface area contributed by atoms with Crippen molar-refractivity contribution in [1.82, 2.24) is 25.2 Å². The Morgan fingerprint density at radius 2 is 1.83 bits per heavy atom. The summed E-state index contributed by atoms with van der Waals surface area (Å²) in [5.41, 5.74) is 3.20. The van der Waals surface area contributed by atoms with E-state index in [1.165, 1.54) is 11.3 Å². The van der Waals surface area contributed by atoms with Gasteiger partial charge >= 0.3 is 0 Å². The quantitative estimate of drug-likeness (QED) is 0.313. The molecule has 9 heteroatoms. The Hall–Kier alpha value is -3.04. The summed E-state index contributed by atoms with van der Waals surface area (Å²) in [5, 5.41) is 6.31.